The second-order valence-electron chi connectivity index (χ2n) is 4.84. The van der Waals surface area contributed by atoms with Crippen molar-refractivity contribution in [2.45, 2.75) is 31.2 Å². The Balaban J connectivity index is 1.82. The van der Waals surface area contributed by atoms with Crippen LogP contribution in [0, 0.1) is 5.92 Å². The molecule has 0 bridgehead atoms. The van der Waals surface area contributed by atoms with Crippen molar-refractivity contribution >= 4 is 11.3 Å². The molecular weight excluding hydrogens is 218 g/mol. The lowest BCUT2D eigenvalue weighted by Crippen LogP contribution is -2.19. The Morgan fingerprint density at radius 3 is 2.75 bits per heavy atom. The molecule has 0 atom stereocenters. The molecule has 0 N–H and O–H groups in total. The molecule has 0 radical (unpaired) electrons. The molecule has 2 heterocycles. The third-order valence-electron chi connectivity index (χ3n) is 3.84. The molecule has 0 aliphatic heterocycles. The minimum atomic E-state index is 0.414. The smallest absolute Gasteiger partial charge is 0.169 e. The van der Waals surface area contributed by atoms with Crippen LogP contribution in [-0.4, -0.2) is 14.5 Å². The Kier molecular flexibility index (Phi) is 1.64. The van der Waals surface area contributed by atoms with Gasteiger partial charge in [-0.2, -0.15) is 0 Å². The quantitative estimate of drug-likeness (QED) is 0.813. The van der Waals surface area contributed by atoms with Crippen molar-refractivity contribution in [1.82, 2.24) is 14.5 Å². The SMILES string of the molecule is c1csc(-c2nccn2C2(C3CC3)CC2)n1. The highest BCUT2D eigenvalue weighted by atomic mass is 32.1. The van der Waals surface area contributed by atoms with Crippen molar-refractivity contribution in [1.29, 1.82) is 0 Å². The lowest BCUT2D eigenvalue weighted by Gasteiger charge is -2.18. The van der Waals surface area contributed by atoms with Gasteiger partial charge < -0.3 is 4.57 Å². The van der Waals surface area contributed by atoms with Gasteiger partial charge in [0.15, 0.2) is 10.8 Å². The predicted molar refractivity (Wildman–Crippen MR) is 63.3 cm³/mol. The van der Waals surface area contributed by atoms with Crippen molar-refractivity contribution in [3.8, 4) is 10.8 Å². The first-order valence-electron chi connectivity index (χ1n) is 5.84. The van der Waals surface area contributed by atoms with Crippen molar-refractivity contribution in [2.75, 3.05) is 0 Å². The van der Waals surface area contributed by atoms with E-state index in [9.17, 15) is 0 Å². The highest BCUT2D eigenvalue weighted by Gasteiger charge is 2.56. The molecule has 0 saturated heterocycles. The topological polar surface area (TPSA) is 30.7 Å². The number of hydrogen-bond donors (Lipinski definition) is 0. The van der Waals surface area contributed by atoms with Crippen molar-refractivity contribution < 1.29 is 0 Å². The zero-order valence-electron chi connectivity index (χ0n) is 8.97. The van der Waals surface area contributed by atoms with Gasteiger partial charge in [-0.3, -0.25) is 0 Å². The highest BCUT2D eigenvalue weighted by molar-refractivity contribution is 7.13. The third kappa shape index (κ3) is 1.13. The van der Waals surface area contributed by atoms with Gasteiger partial charge in [-0.15, -0.1) is 11.3 Å². The molecule has 0 spiro atoms. The molecule has 2 aromatic rings. The molecule has 3 nitrogen and oxygen atoms in total. The standard InChI is InChI=1S/C12H13N3S/c1-2-9(1)12(3-4-12)15-7-5-13-10(15)11-14-6-8-16-11/h5-9H,1-4H2. The molecule has 4 heteroatoms. The second-order valence-corrected chi connectivity index (χ2v) is 5.73. The van der Waals surface area contributed by atoms with E-state index in [1.165, 1.54) is 25.7 Å². The summed E-state index contributed by atoms with van der Waals surface area (Å²) < 4.78 is 2.39. The Bertz CT molecular complexity index is 506. The summed E-state index contributed by atoms with van der Waals surface area (Å²) in [5.41, 5.74) is 0.414. The minimum Gasteiger partial charge on any atom is -0.323 e. The van der Waals surface area contributed by atoms with Crippen LogP contribution in [0.3, 0.4) is 0 Å². The number of nitrogens with zero attached hydrogens (tertiary/aromatic N) is 3. The maximum Gasteiger partial charge on any atom is 0.169 e. The van der Waals surface area contributed by atoms with Crippen molar-refractivity contribution in [3.05, 3.63) is 24.0 Å². The molecule has 2 saturated carbocycles. The number of aromatic nitrogens is 3. The van der Waals surface area contributed by atoms with Crippen LogP contribution in [0.5, 0.6) is 0 Å². The summed E-state index contributed by atoms with van der Waals surface area (Å²) >= 11 is 1.68. The second kappa shape index (κ2) is 2.94. The fraction of sp³-hybridized carbons (Fsp3) is 0.500. The lowest BCUT2D eigenvalue weighted by molar-refractivity contribution is 0.425. The number of thiazole rings is 1. The number of rotatable bonds is 3. The summed E-state index contributed by atoms with van der Waals surface area (Å²) in [5, 5.41) is 3.07. The molecule has 2 fully saturated rings. The Morgan fingerprint density at radius 1 is 1.25 bits per heavy atom. The molecule has 2 aliphatic rings. The Labute approximate surface area is 98.2 Å². The summed E-state index contributed by atoms with van der Waals surface area (Å²) in [7, 11) is 0. The summed E-state index contributed by atoms with van der Waals surface area (Å²) in [6.45, 7) is 0. The summed E-state index contributed by atoms with van der Waals surface area (Å²) in [4.78, 5) is 8.86. The highest BCUT2D eigenvalue weighted by Crippen LogP contribution is 2.60. The van der Waals surface area contributed by atoms with Crippen LogP contribution in [0.2, 0.25) is 0 Å². The van der Waals surface area contributed by atoms with Gasteiger partial charge in [0, 0.05) is 29.5 Å². The van der Waals surface area contributed by atoms with Gasteiger partial charge >= 0.3 is 0 Å². The molecule has 2 aliphatic carbocycles. The van der Waals surface area contributed by atoms with E-state index in [4.69, 9.17) is 0 Å². The lowest BCUT2D eigenvalue weighted by atomic mass is 10.1. The first-order chi connectivity index (χ1) is 7.90. The maximum atomic E-state index is 4.49. The predicted octanol–water partition coefficient (Wildman–Crippen LogP) is 2.91. The zero-order chi connectivity index (χ0) is 10.6. The molecule has 16 heavy (non-hydrogen) atoms. The molecule has 0 unspecified atom stereocenters. The van der Waals surface area contributed by atoms with E-state index in [1.807, 2.05) is 17.8 Å². The van der Waals surface area contributed by atoms with Gasteiger partial charge in [-0.25, -0.2) is 9.97 Å². The average molecular weight is 231 g/mol. The van der Waals surface area contributed by atoms with Crippen LogP contribution >= 0.6 is 11.3 Å². The van der Waals surface area contributed by atoms with Crippen LogP contribution in [0.25, 0.3) is 10.8 Å². The average Bonchev–Trinajstić information content (AvgIpc) is 3.18. The van der Waals surface area contributed by atoms with E-state index < -0.39 is 0 Å². The van der Waals surface area contributed by atoms with Crippen LogP contribution in [-0.2, 0) is 5.54 Å². The maximum absolute atomic E-state index is 4.49. The van der Waals surface area contributed by atoms with Gasteiger partial charge in [-0.1, -0.05) is 0 Å². The summed E-state index contributed by atoms with van der Waals surface area (Å²) in [6, 6.07) is 0. The monoisotopic (exact) mass is 231 g/mol. The third-order valence-corrected chi connectivity index (χ3v) is 4.61. The van der Waals surface area contributed by atoms with Gasteiger partial charge in [0.25, 0.3) is 0 Å². The molecule has 4 rings (SSSR count). The van der Waals surface area contributed by atoms with Crippen LogP contribution in [0.1, 0.15) is 25.7 Å². The van der Waals surface area contributed by atoms with E-state index in [0.717, 1.165) is 16.7 Å². The van der Waals surface area contributed by atoms with E-state index in [0.29, 0.717) is 5.54 Å². The van der Waals surface area contributed by atoms with Gasteiger partial charge in [0.1, 0.15) is 0 Å². The molecule has 2 aromatic heterocycles. The molecule has 82 valence electrons. The fourth-order valence-corrected chi connectivity index (χ4v) is 3.38. The van der Waals surface area contributed by atoms with E-state index >= 15 is 0 Å². The summed E-state index contributed by atoms with van der Waals surface area (Å²) in [6.07, 6.45) is 11.4. The van der Waals surface area contributed by atoms with Crippen molar-refractivity contribution in [2.24, 2.45) is 5.92 Å². The fourth-order valence-electron chi connectivity index (χ4n) is 2.75. The number of imidazole rings is 1. The Hall–Kier alpha value is -1.16. The van der Waals surface area contributed by atoms with Gasteiger partial charge in [0.05, 0.1) is 0 Å². The van der Waals surface area contributed by atoms with E-state index in [1.54, 1.807) is 11.3 Å². The van der Waals surface area contributed by atoms with Crippen LogP contribution < -0.4 is 0 Å². The van der Waals surface area contributed by atoms with Crippen LogP contribution in [0.4, 0.5) is 0 Å². The van der Waals surface area contributed by atoms with Gasteiger partial charge in [-0.05, 0) is 31.6 Å². The largest absolute Gasteiger partial charge is 0.323 e. The van der Waals surface area contributed by atoms with E-state index in [2.05, 4.69) is 20.7 Å². The normalized spacial score (nSPS) is 22.2. The summed E-state index contributed by atoms with van der Waals surface area (Å²) in [5.74, 6) is 1.97. The first kappa shape index (κ1) is 8.93. The molecular formula is C12H13N3S. The number of hydrogen-bond acceptors (Lipinski definition) is 3. The van der Waals surface area contributed by atoms with Crippen LogP contribution in [0.15, 0.2) is 24.0 Å². The first-order valence-corrected chi connectivity index (χ1v) is 6.72. The zero-order valence-corrected chi connectivity index (χ0v) is 9.78. The van der Waals surface area contributed by atoms with Gasteiger partial charge in [0.2, 0.25) is 0 Å². The molecule has 0 amide bonds. The van der Waals surface area contributed by atoms with E-state index in [-0.39, 0.29) is 0 Å². The molecule has 0 aromatic carbocycles. The Morgan fingerprint density at radius 2 is 2.12 bits per heavy atom. The minimum absolute atomic E-state index is 0.414. The van der Waals surface area contributed by atoms with Crippen molar-refractivity contribution in [3.63, 3.8) is 0 Å².